The lowest BCUT2D eigenvalue weighted by Crippen LogP contribution is -2.28. The quantitative estimate of drug-likeness (QED) is 0.247. The Labute approximate surface area is 189 Å². The van der Waals surface area contributed by atoms with Crippen molar-refractivity contribution in [3.8, 4) is 0 Å². The fourth-order valence-corrected chi connectivity index (χ4v) is 3.07. The molecule has 1 heterocycles. The summed E-state index contributed by atoms with van der Waals surface area (Å²) in [4.78, 5) is 16.8. The Morgan fingerprint density at radius 3 is 1.97 bits per heavy atom. The van der Waals surface area contributed by atoms with E-state index >= 15 is 0 Å². The number of alkyl halides is 12. The molecule has 0 N–H and O–H groups in total. The summed E-state index contributed by atoms with van der Waals surface area (Å²) in [5, 5.41) is 11.3. The molecule has 2 aromatic rings. The van der Waals surface area contributed by atoms with Crippen molar-refractivity contribution in [3.63, 3.8) is 0 Å². The number of hydrogen-bond donors (Lipinski definition) is 0. The smallest absolute Gasteiger partial charge is 0.311 e. The van der Waals surface area contributed by atoms with E-state index in [0.717, 1.165) is 0 Å². The first-order valence-electron chi connectivity index (χ1n) is 9.00. The zero-order valence-electron chi connectivity index (χ0n) is 16.7. The Morgan fingerprint density at radius 1 is 0.889 bits per heavy atom. The van der Waals surface area contributed by atoms with Gasteiger partial charge in [-0.05, 0) is 24.6 Å². The monoisotopic (exact) mass is 541 g/mol. The van der Waals surface area contributed by atoms with Crippen LogP contribution >= 0.6 is 0 Å². The van der Waals surface area contributed by atoms with Gasteiger partial charge in [-0.25, -0.2) is 4.98 Å². The molecule has 0 spiro atoms. The predicted octanol–water partition coefficient (Wildman–Crippen LogP) is 6.68. The Kier molecular flexibility index (Phi) is 6.30. The SMILES string of the molecule is O=[N+]([O-])c1cc(C(F)(F)F)cc2c1nc(C1=CCC(C(F)(F)F)=CC(C(F)(F)F)=C1)n2OC(F)(F)F. The summed E-state index contributed by atoms with van der Waals surface area (Å²) in [5.41, 5.74) is -10.7. The van der Waals surface area contributed by atoms with Crippen LogP contribution in [0.4, 0.5) is 58.4 Å². The van der Waals surface area contributed by atoms with Gasteiger partial charge >= 0.3 is 24.9 Å². The summed E-state index contributed by atoms with van der Waals surface area (Å²) in [6, 6.07) is -0.131. The van der Waals surface area contributed by atoms with Gasteiger partial charge in [-0.1, -0.05) is 6.08 Å². The average Bonchev–Trinajstić information content (AvgIpc) is 2.87. The first kappa shape index (κ1) is 26.9. The highest BCUT2D eigenvalue weighted by Gasteiger charge is 2.41. The van der Waals surface area contributed by atoms with Crippen LogP contribution in [-0.2, 0) is 6.18 Å². The fourth-order valence-electron chi connectivity index (χ4n) is 3.07. The van der Waals surface area contributed by atoms with Crippen LogP contribution < -0.4 is 4.84 Å². The van der Waals surface area contributed by atoms with Gasteiger partial charge in [-0.15, -0.1) is 13.2 Å². The molecule has 0 saturated heterocycles. The summed E-state index contributed by atoms with van der Waals surface area (Å²) in [7, 11) is 0. The maximum atomic E-state index is 13.3. The molecule has 1 aliphatic rings. The second-order valence-electron chi connectivity index (χ2n) is 7.01. The van der Waals surface area contributed by atoms with Crippen molar-refractivity contribution < 1.29 is 62.4 Å². The van der Waals surface area contributed by atoms with Gasteiger partial charge in [0.15, 0.2) is 11.3 Å². The van der Waals surface area contributed by atoms with Crippen LogP contribution in [0.3, 0.4) is 0 Å². The zero-order valence-corrected chi connectivity index (χ0v) is 16.7. The lowest BCUT2D eigenvalue weighted by molar-refractivity contribution is -0.383. The second-order valence-corrected chi connectivity index (χ2v) is 7.01. The number of allylic oxidation sites excluding steroid dienone is 6. The number of aromatic nitrogens is 2. The highest BCUT2D eigenvalue weighted by Crippen LogP contribution is 2.41. The highest BCUT2D eigenvalue weighted by atomic mass is 19.4. The summed E-state index contributed by atoms with van der Waals surface area (Å²) < 4.78 is 158. The summed E-state index contributed by atoms with van der Waals surface area (Å²) in [6.07, 6.45) is -23.1. The van der Waals surface area contributed by atoms with E-state index in [2.05, 4.69) is 9.82 Å². The average molecular weight is 541 g/mol. The summed E-state index contributed by atoms with van der Waals surface area (Å²) in [6.45, 7) is 0. The normalized spacial score (nSPS) is 15.8. The summed E-state index contributed by atoms with van der Waals surface area (Å²) >= 11 is 0. The molecule has 0 aliphatic heterocycles. The van der Waals surface area contributed by atoms with Crippen LogP contribution in [0.1, 0.15) is 17.8 Å². The van der Waals surface area contributed by atoms with Gasteiger partial charge < -0.3 is 4.84 Å². The van der Waals surface area contributed by atoms with E-state index in [-0.39, 0.29) is 24.3 Å². The number of imidazole rings is 1. The number of fused-ring (bicyclic) bond motifs is 1. The molecule has 0 unspecified atom stereocenters. The molecule has 0 fully saturated rings. The largest absolute Gasteiger partial charge is 0.591 e. The van der Waals surface area contributed by atoms with Gasteiger partial charge in [0.25, 0.3) is 5.69 Å². The maximum Gasteiger partial charge on any atom is 0.591 e. The number of halogens is 12. The van der Waals surface area contributed by atoms with E-state index in [1.807, 2.05) is 0 Å². The molecule has 0 radical (unpaired) electrons. The number of benzene rings is 1. The lowest BCUT2D eigenvalue weighted by Gasteiger charge is -2.14. The third-order valence-electron chi connectivity index (χ3n) is 4.55. The first-order valence-corrected chi connectivity index (χ1v) is 9.00. The minimum Gasteiger partial charge on any atom is -0.311 e. The van der Waals surface area contributed by atoms with E-state index in [4.69, 9.17) is 0 Å². The number of hydrogen-bond acceptors (Lipinski definition) is 4. The molecule has 1 aromatic carbocycles. The molecule has 6 nitrogen and oxygen atoms in total. The van der Waals surface area contributed by atoms with Crippen molar-refractivity contribution in [3.05, 3.63) is 63.0 Å². The number of nitro benzene ring substituents is 1. The van der Waals surface area contributed by atoms with Crippen LogP contribution in [0, 0.1) is 10.1 Å². The summed E-state index contributed by atoms with van der Waals surface area (Å²) in [5.74, 6) is -1.37. The third kappa shape index (κ3) is 5.56. The van der Waals surface area contributed by atoms with Crippen molar-refractivity contribution in [2.45, 2.75) is 31.3 Å². The number of nitrogens with zero attached hydrogens (tertiary/aromatic N) is 3. The molecule has 196 valence electrons. The van der Waals surface area contributed by atoms with Crippen LogP contribution in [0.25, 0.3) is 16.6 Å². The van der Waals surface area contributed by atoms with Crippen molar-refractivity contribution in [2.24, 2.45) is 0 Å². The van der Waals surface area contributed by atoms with Gasteiger partial charge in [-0.2, -0.15) is 44.2 Å². The molecule has 1 aromatic heterocycles. The molecule has 18 heteroatoms. The van der Waals surface area contributed by atoms with Gasteiger partial charge in [0.2, 0.25) is 0 Å². The minimum atomic E-state index is -5.72. The van der Waals surface area contributed by atoms with E-state index in [1.54, 1.807) is 0 Å². The third-order valence-corrected chi connectivity index (χ3v) is 4.55. The first-order chi connectivity index (χ1) is 16.2. The molecular formula is C18H7F12N3O3. The minimum absolute atomic E-state index is 0.0460. The van der Waals surface area contributed by atoms with E-state index in [0.29, 0.717) is 6.08 Å². The maximum absolute atomic E-state index is 13.3. The van der Waals surface area contributed by atoms with Crippen LogP contribution in [0.15, 0.2) is 41.5 Å². The molecule has 0 atom stereocenters. The van der Waals surface area contributed by atoms with Crippen LogP contribution in [0.2, 0.25) is 0 Å². The van der Waals surface area contributed by atoms with E-state index < -0.39 is 85.8 Å². The van der Waals surface area contributed by atoms with Crippen molar-refractivity contribution in [1.82, 2.24) is 9.71 Å². The lowest BCUT2D eigenvalue weighted by atomic mass is 10.1. The van der Waals surface area contributed by atoms with Gasteiger partial charge in [0.05, 0.1) is 16.1 Å². The molecular weight excluding hydrogens is 534 g/mol. The van der Waals surface area contributed by atoms with E-state index in [1.165, 1.54) is 0 Å². The van der Waals surface area contributed by atoms with Crippen molar-refractivity contribution in [1.29, 1.82) is 0 Å². The van der Waals surface area contributed by atoms with Crippen molar-refractivity contribution in [2.75, 3.05) is 0 Å². The molecule has 0 saturated carbocycles. The fraction of sp³-hybridized carbons (Fsp3) is 0.278. The van der Waals surface area contributed by atoms with Crippen molar-refractivity contribution >= 4 is 22.3 Å². The predicted molar refractivity (Wildman–Crippen MR) is 94.9 cm³/mol. The molecule has 1 aliphatic carbocycles. The van der Waals surface area contributed by atoms with Gasteiger partial charge in [0, 0.05) is 17.2 Å². The molecule has 0 bridgehead atoms. The Balaban J connectivity index is 2.40. The highest BCUT2D eigenvalue weighted by molar-refractivity contribution is 5.89. The zero-order chi connectivity index (χ0) is 27.4. The van der Waals surface area contributed by atoms with Crippen LogP contribution in [-0.4, -0.2) is 33.4 Å². The van der Waals surface area contributed by atoms with Gasteiger partial charge in [0.1, 0.15) is 5.52 Å². The number of non-ortho nitro benzene ring substituents is 1. The Morgan fingerprint density at radius 2 is 1.50 bits per heavy atom. The Hall–Kier alpha value is -3.73. The van der Waals surface area contributed by atoms with Gasteiger partial charge in [-0.3, -0.25) is 10.1 Å². The second kappa shape index (κ2) is 8.44. The number of rotatable bonds is 3. The molecule has 0 amide bonds. The topological polar surface area (TPSA) is 70.2 Å². The standard InChI is InChI=1S/C18H7F12N3O3/c19-15(20,21)8-2-1-7(3-9(4-8)16(22,23)24)14-31-13-11(32(14)36-18(28,29)30)5-10(17(25,26)27)6-12(13)33(34)35/h1,3-6H,2H2. The Bertz CT molecular complexity index is 1310. The molecule has 36 heavy (non-hydrogen) atoms. The van der Waals surface area contributed by atoms with Crippen LogP contribution in [0.5, 0.6) is 0 Å². The van der Waals surface area contributed by atoms with E-state index in [9.17, 15) is 62.8 Å². The molecule has 3 rings (SSSR count). The number of nitro groups is 1.